The van der Waals surface area contributed by atoms with Crippen molar-refractivity contribution in [3.63, 3.8) is 0 Å². The van der Waals surface area contributed by atoms with Crippen molar-refractivity contribution >= 4 is 11.7 Å². The van der Waals surface area contributed by atoms with E-state index in [9.17, 15) is 18.0 Å². The molecule has 0 saturated heterocycles. The highest BCUT2D eigenvalue weighted by Crippen LogP contribution is 2.47. The lowest BCUT2D eigenvalue weighted by atomic mass is 9.78. The van der Waals surface area contributed by atoms with Gasteiger partial charge in [0.1, 0.15) is 0 Å². The molecule has 1 atom stereocenters. The highest BCUT2D eigenvalue weighted by molar-refractivity contribution is 5.86. The third-order valence-corrected chi connectivity index (χ3v) is 9.17. The average Bonchev–Trinajstić information content (AvgIpc) is 3.02. The summed E-state index contributed by atoms with van der Waals surface area (Å²) in [5, 5.41) is 0. The molecule has 0 saturated carbocycles. The second-order valence-corrected chi connectivity index (χ2v) is 13.3. The SMILES string of the molecule is C=C(c1ccc(C(F)(F)F)cc1)N1CCc2c(C)c([C@H](OC(C)(C)C)C(=O)OCC)c(-c3cc(F)c4c(c3C)CCCO4)c(C)c2C1. The number of rotatable bonds is 7. The minimum atomic E-state index is -4.43. The number of carbonyl (C=O) groups excluding carboxylic acids is 1. The number of carbonyl (C=O) groups is 1. The lowest BCUT2D eigenvalue weighted by molar-refractivity contribution is -0.166. The molecule has 0 aliphatic carbocycles. The molecule has 2 aliphatic heterocycles. The van der Waals surface area contributed by atoms with Crippen molar-refractivity contribution in [2.45, 2.75) is 92.2 Å². The molecule has 0 spiro atoms. The van der Waals surface area contributed by atoms with E-state index in [2.05, 4.69) is 11.5 Å². The van der Waals surface area contributed by atoms with Gasteiger partial charge in [-0.15, -0.1) is 0 Å². The predicted octanol–water partition coefficient (Wildman–Crippen LogP) is 9.21. The fraction of sp³-hybridized carbons (Fsp3) is 0.447. The third-order valence-electron chi connectivity index (χ3n) is 9.17. The minimum absolute atomic E-state index is 0.173. The Kier molecular flexibility index (Phi) is 9.52. The van der Waals surface area contributed by atoms with Gasteiger partial charge in [-0.1, -0.05) is 18.7 Å². The van der Waals surface area contributed by atoms with Crippen LogP contribution in [0.25, 0.3) is 16.8 Å². The highest BCUT2D eigenvalue weighted by atomic mass is 19.4. The number of hydrogen-bond donors (Lipinski definition) is 0. The van der Waals surface area contributed by atoms with Crippen LogP contribution in [0.5, 0.6) is 5.75 Å². The average molecular weight is 654 g/mol. The van der Waals surface area contributed by atoms with Crippen molar-refractivity contribution in [2.75, 3.05) is 19.8 Å². The molecule has 0 bridgehead atoms. The zero-order valence-corrected chi connectivity index (χ0v) is 28.2. The Bertz CT molecular complexity index is 1700. The van der Waals surface area contributed by atoms with Gasteiger partial charge >= 0.3 is 12.1 Å². The number of ether oxygens (including phenoxy) is 3. The van der Waals surface area contributed by atoms with Crippen LogP contribution in [0.4, 0.5) is 17.6 Å². The molecule has 0 radical (unpaired) electrons. The molecule has 252 valence electrons. The Morgan fingerprint density at radius 2 is 1.68 bits per heavy atom. The maximum absolute atomic E-state index is 15.8. The lowest BCUT2D eigenvalue weighted by Gasteiger charge is -2.37. The molecule has 0 N–H and O–H groups in total. The summed E-state index contributed by atoms with van der Waals surface area (Å²) in [5.74, 6) is -0.695. The smallest absolute Gasteiger partial charge is 0.416 e. The third kappa shape index (κ3) is 6.77. The fourth-order valence-electron chi connectivity index (χ4n) is 6.88. The maximum atomic E-state index is 15.8. The summed E-state index contributed by atoms with van der Waals surface area (Å²) in [6, 6.07) is 6.53. The number of fused-ring (bicyclic) bond motifs is 2. The zero-order chi connectivity index (χ0) is 34.4. The number of benzene rings is 3. The van der Waals surface area contributed by atoms with Crippen molar-refractivity contribution in [1.82, 2.24) is 4.90 Å². The number of halogens is 4. The molecule has 9 heteroatoms. The van der Waals surface area contributed by atoms with Gasteiger partial charge in [0.25, 0.3) is 0 Å². The van der Waals surface area contributed by atoms with Gasteiger partial charge in [-0.25, -0.2) is 9.18 Å². The summed E-state index contributed by atoms with van der Waals surface area (Å²) in [7, 11) is 0. The van der Waals surface area contributed by atoms with E-state index in [1.54, 1.807) is 6.92 Å². The van der Waals surface area contributed by atoms with Crippen LogP contribution >= 0.6 is 0 Å². The van der Waals surface area contributed by atoms with Crippen LogP contribution in [0.15, 0.2) is 36.9 Å². The van der Waals surface area contributed by atoms with E-state index in [0.29, 0.717) is 54.9 Å². The number of alkyl halides is 3. The van der Waals surface area contributed by atoms with Crippen LogP contribution in [0.1, 0.15) is 90.3 Å². The number of nitrogens with zero attached hydrogens (tertiary/aromatic N) is 1. The second-order valence-electron chi connectivity index (χ2n) is 13.3. The molecule has 47 heavy (non-hydrogen) atoms. The molecular formula is C38H43F4NO4. The normalized spacial score (nSPS) is 15.4. The monoisotopic (exact) mass is 653 g/mol. The summed E-state index contributed by atoms with van der Waals surface area (Å²) < 4.78 is 73.2. The topological polar surface area (TPSA) is 48.0 Å². The summed E-state index contributed by atoms with van der Waals surface area (Å²) in [5.41, 5.74) is 7.33. The van der Waals surface area contributed by atoms with Crippen LogP contribution < -0.4 is 4.74 Å². The predicted molar refractivity (Wildman–Crippen MR) is 175 cm³/mol. The van der Waals surface area contributed by atoms with Crippen LogP contribution in [0, 0.1) is 26.6 Å². The van der Waals surface area contributed by atoms with E-state index in [0.717, 1.165) is 57.5 Å². The first kappa shape index (κ1) is 34.5. The van der Waals surface area contributed by atoms with E-state index in [-0.39, 0.29) is 12.4 Å². The van der Waals surface area contributed by atoms with Crippen molar-refractivity contribution in [3.05, 3.63) is 92.8 Å². The van der Waals surface area contributed by atoms with Gasteiger partial charge in [-0.2, -0.15) is 13.2 Å². The van der Waals surface area contributed by atoms with E-state index < -0.39 is 35.2 Å². The Balaban J connectivity index is 1.70. The molecule has 2 aliphatic rings. The highest BCUT2D eigenvalue weighted by Gasteiger charge is 2.37. The van der Waals surface area contributed by atoms with Crippen LogP contribution in [0.2, 0.25) is 0 Å². The van der Waals surface area contributed by atoms with Gasteiger partial charge < -0.3 is 19.1 Å². The quantitative estimate of drug-likeness (QED) is 0.188. The largest absolute Gasteiger partial charge is 0.490 e. The first-order chi connectivity index (χ1) is 22.0. The number of hydrogen-bond acceptors (Lipinski definition) is 5. The van der Waals surface area contributed by atoms with Gasteiger partial charge in [-0.3, -0.25) is 0 Å². The molecule has 5 nitrogen and oxygen atoms in total. The van der Waals surface area contributed by atoms with E-state index in [1.165, 1.54) is 18.2 Å². The maximum Gasteiger partial charge on any atom is 0.416 e. The van der Waals surface area contributed by atoms with Gasteiger partial charge in [-0.05, 0) is 130 Å². The molecule has 0 fully saturated rings. The Hall–Kier alpha value is -3.85. The van der Waals surface area contributed by atoms with Gasteiger partial charge in [0.05, 0.1) is 24.4 Å². The second kappa shape index (κ2) is 13.0. The summed E-state index contributed by atoms with van der Waals surface area (Å²) in [6.07, 6.45) is -3.45. The van der Waals surface area contributed by atoms with Gasteiger partial charge in [0, 0.05) is 29.9 Å². The van der Waals surface area contributed by atoms with Crippen molar-refractivity contribution in [1.29, 1.82) is 0 Å². The van der Waals surface area contributed by atoms with Crippen LogP contribution in [-0.4, -0.2) is 36.2 Å². The molecule has 0 amide bonds. The molecule has 3 aromatic carbocycles. The standard InChI is InChI=1S/C38H43F4NO4/c1-9-45-36(44)35(47-37(6,7)8)33-22(3)27-16-17-43(24(5)25-12-14-26(15-13-25)38(40,41)42)20-30(27)23(4)32(33)29-19-31(39)34-28(21(29)2)11-10-18-46-34/h12-15,19,35H,5,9-11,16-18,20H2,1-4,6-8H3/t35-/m0/s1. The Morgan fingerprint density at radius 3 is 2.30 bits per heavy atom. The van der Waals surface area contributed by atoms with Crippen molar-refractivity contribution < 1.29 is 36.6 Å². The molecule has 3 aromatic rings. The Labute approximate surface area is 274 Å². The summed E-state index contributed by atoms with van der Waals surface area (Å²) in [4.78, 5) is 15.7. The summed E-state index contributed by atoms with van der Waals surface area (Å²) in [6.45, 7) is 19.2. The molecule has 2 heterocycles. The van der Waals surface area contributed by atoms with E-state index in [4.69, 9.17) is 14.2 Å². The lowest BCUT2D eigenvalue weighted by Crippen LogP contribution is -2.33. The molecule has 0 aromatic heterocycles. The van der Waals surface area contributed by atoms with E-state index >= 15 is 4.39 Å². The minimum Gasteiger partial charge on any atom is -0.490 e. The van der Waals surface area contributed by atoms with Gasteiger partial charge in [0.15, 0.2) is 17.7 Å². The Morgan fingerprint density at radius 1 is 1.00 bits per heavy atom. The van der Waals surface area contributed by atoms with Crippen molar-refractivity contribution in [2.24, 2.45) is 0 Å². The van der Waals surface area contributed by atoms with Crippen LogP contribution in [-0.2, 0) is 39.8 Å². The zero-order valence-electron chi connectivity index (χ0n) is 28.2. The van der Waals surface area contributed by atoms with Crippen LogP contribution in [0.3, 0.4) is 0 Å². The van der Waals surface area contributed by atoms with Crippen molar-refractivity contribution in [3.8, 4) is 16.9 Å². The molecule has 0 unspecified atom stereocenters. The molecule has 5 rings (SSSR count). The first-order valence-electron chi connectivity index (χ1n) is 16.1. The summed E-state index contributed by atoms with van der Waals surface area (Å²) >= 11 is 0. The van der Waals surface area contributed by atoms with E-state index in [1.807, 2.05) is 41.5 Å². The number of esters is 1. The molecular weight excluding hydrogens is 610 g/mol. The van der Waals surface area contributed by atoms with Gasteiger partial charge in [0.2, 0.25) is 0 Å². The first-order valence-corrected chi connectivity index (χ1v) is 16.1. The fourth-order valence-corrected chi connectivity index (χ4v) is 6.88.